The third-order valence-electron chi connectivity index (χ3n) is 4.27. The van der Waals surface area contributed by atoms with E-state index in [4.69, 9.17) is 0 Å². The van der Waals surface area contributed by atoms with Gasteiger partial charge in [-0.05, 0) is 31.4 Å². The van der Waals surface area contributed by atoms with E-state index in [1.54, 1.807) is 0 Å². The molecule has 0 bridgehead atoms. The van der Waals surface area contributed by atoms with Gasteiger partial charge in [0, 0.05) is 19.3 Å². The molecule has 2 N–H and O–H groups in total. The van der Waals surface area contributed by atoms with Crippen molar-refractivity contribution in [3.8, 4) is 0 Å². The van der Waals surface area contributed by atoms with Crippen molar-refractivity contribution < 1.29 is 5.11 Å². The molecule has 4 nitrogen and oxygen atoms in total. The summed E-state index contributed by atoms with van der Waals surface area (Å²) in [6.07, 6.45) is 9.41. The molecule has 0 radical (unpaired) electrons. The lowest BCUT2D eigenvalue weighted by Gasteiger charge is -2.32. The molecule has 0 unspecified atom stereocenters. The molecule has 2 heterocycles. The molecule has 3 rings (SSSR count). The minimum absolute atomic E-state index is 0.505. The number of fused-ring (bicyclic) bond motifs is 1. The molecule has 0 amide bonds. The van der Waals surface area contributed by atoms with Gasteiger partial charge in [0.2, 0.25) is 0 Å². The molecule has 1 fully saturated rings. The lowest BCUT2D eigenvalue weighted by molar-refractivity contribution is 0.00460. The Morgan fingerprint density at radius 1 is 1.30 bits per heavy atom. The Balaban J connectivity index is 1.63. The van der Waals surface area contributed by atoms with E-state index in [-0.39, 0.29) is 0 Å². The molecule has 2 aromatic rings. The highest BCUT2D eigenvalue weighted by Gasteiger charge is 2.28. The topological polar surface area (TPSA) is 49.6 Å². The molecule has 0 aliphatic heterocycles. The fourth-order valence-corrected chi connectivity index (χ4v) is 3.08. The van der Waals surface area contributed by atoms with Crippen molar-refractivity contribution in [2.45, 2.75) is 51.2 Å². The van der Waals surface area contributed by atoms with E-state index >= 15 is 0 Å². The number of rotatable bonds is 4. The van der Waals surface area contributed by atoms with Crippen molar-refractivity contribution in [2.75, 3.05) is 6.54 Å². The quantitative estimate of drug-likeness (QED) is 0.899. The fraction of sp³-hybridized carbons (Fsp3) is 0.562. The van der Waals surface area contributed by atoms with Crippen LogP contribution in [0.5, 0.6) is 0 Å². The van der Waals surface area contributed by atoms with Gasteiger partial charge < -0.3 is 14.8 Å². The number of hydrogen-bond donors (Lipinski definition) is 2. The summed E-state index contributed by atoms with van der Waals surface area (Å²) < 4.78 is 2.12. The molecule has 0 atom stereocenters. The number of hydrogen-bond acceptors (Lipinski definition) is 3. The van der Waals surface area contributed by atoms with Gasteiger partial charge in [-0.2, -0.15) is 0 Å². The molecule has 4 heteroatoms. The highest BCUT2D eigenvalue weighted by Crippen LogP contribution is 2.27. The van der Waals surface area contributed by atoms with Crippen molar-refractivity contribution in [3.63, 3.8) is 0 Å². The molecule has 2 aromatic heterocycles. The van der Waals surface area contributed by atoms with Crippen LogP contribution in [-0.2, 0) is 6.54 Å². The van der Waals surface area contributed by atoms with Crippen LogP contribution in [0.25, 0.3) is 5.65 Å². The summed E-state index contributed by atoms with van der Waals surface area (Å²) in [5.41, 5.74) is 2.84. The Bertz CT molecular complexity index is 584. The Morgan fingerprint density at radius 2 is 2.10 bits per heavy atom. The van der Waals surface area contributed by atoms with Crippen LogP contribution >= 0.6 is 0 Å². The number of nitrogens with one attached hydrogen (secondary N) is 1. The normalized spacial score (nSPS) is 18.5. The second-order valence-electron chi connectivity index (χ2n) is 6.07. The first-order valence-corrected chi connectivity index (χ1v) is 7.52. The van der Waals surface area contributed by atoms with E-state index in [2.05, 4.69) is 33.9 Å². The second-order valence-corrected chi connectivity index (χ2v) is 6.07. The van der Waals surface area contributed by atoms with Crippen molar-refractivity contribution in [1.82, 2.24) is 14.7 Å². The molecule has 1 aliphatic carbocycles. The Hall–Kier alpha value is -1.39. The molecular formula is C16H23N3O. The zero-order valence-electron chi connectivity index (χ0n) is 12.1. The third-order valence-corrected chi connectivity index (χ3v) is 4.27. The maximum absolute atomic E-state index is 10.5. The van der Waals surface area contributed by atoms with Crippen molar-refractivity contribution in [2.24, 2.45) is 0 Å². The second kappa shape index (κ2) is 5.54. The van der Waals surface area contributed by atoms with Gasteiger partial charge in [0.05, 0.1) is 17.5 Å². The monoisotopic (exact) mass is 273 g/mol. The number of aromatic nitrogens is 2. The molecule has 0 spiro atoms. The zero-order chi connectivity index (χ0) is 14.0. The van der Waals surface area contributed by atoms with E-state index in [1.165, 1.54) is 12.0 Å². The molecule has 0 saturated heterocycles. The van der Waals surface area contributed by atoms with Gasteiger partial charge in [-0.3, -0.25) is 0 Å². The Labute approximate surface area is 119 Å². The minimum Gasteiger partial charge on any atom is -0.389 e. The lowest BCUT2D eigenvalue weighted by atomic mass is 9.85. The molecule has 20 heavy (non-hydrogen) atoms. The van der Waals surface area contributed by atoms with Crippen LogP contribution in [0.2, 0.25) is 0 Å². The van der Waals surface area contributed by atoms with Gasteiger partial charge in [0.25, 0.3) is 0 Å². The van der Waals surface area contributed by atoms with Crippen LogP contribution in [-0.4, -0.2) is 26.6 Å². The maximum atomic E-state index is 10.5. The highest BCUT2D eigenvalue weighted by molar-refractivity contribution is 5.41. The summed E-state index contributed by atoms with van der Waals surface area (Å²) in [4.78, 5) is 4.40. The van der Waals surface area contributed by atoms with E-state index in [1.807, 2.05) is 12.3 Å². The van der Waals surface area contributed by atoms with Gasteiger partial charge >= 0.3 is 0 Å². The van der Waals surface area contributed by atoms with Gasteiger partial charge in [0.1, 0.15) is 5.65 Å². The van der Waals surface area contributed by atoms with Gasteiger partial charge in [-0.15, -0.1) is 0 Å². The summed E-state index contributed by atoms with van der Waals surface area (Å²) in [5, 5.41) is 13.9. The zero-order valence-corrected chi connectivity index (χ0v) is 12.1. The van der Waals surface area contributed by atoms with Crippen LogP contribution in [0.15, 0.2) is 24.5 Å². The SMILES string of the molecule is Cc1ccc2ncc(CNCC3(O)CCCCC3)n2c1. The van der Waals surface area contributed by atoms with Crippen LogP contribution < -0.4 is 5.32 Å². The Kier molecular flexibility index (Phi) is 3.76. The number of pyridine rings is 1. The van der Waals surface area contributed by atoms with E-state index in [0.29, 0.717) is 6.54 Å². The largest absolute Gasteiger partial charge is 0.389 e. The highest BCUT2D eigenvalue weighted by atomic mass is 16.3. The Morgan fingerprint density at radius 3 is 2.90 bits per heavy atom. The third kappa shape index (κ3) is 2.86. The molecule has 1 aliphatic rings. The van der Waals surface area contributed by atoms with Crippen molar-refractivity contribution >= 4 is 5.65 Å². The van der Waals surface area contributed by atoms with Crippen LogP contribution in [0.4, 0.5) is 0 Å². The van der Waals surface area contributed by atoms with Gasteiger partial charge in [-0.25, -0.2) is 4.98 Å². The summed E-state index contributed by atoms with van der Waals surface area (Å²) >= 11 is 0. The van der Waals surface area contributed by atoms with Gasteiger partial charge in [-0.1, -0.05) is 25.3 Å². The van der Waals surface area contributed by atoms with Crippen LogP contribution in [0, 0.1) is 6.92 Å². The van der Waals surface area contributed by atoms with Crippen molar-refractivity contribution in [1.29, 1.82) is 0 Å². The summed E-state index contributed by atoms with van der Waals surface area (Å²) in [7, 11) is 0. The van der Waals surface area contributed by atoms with E-state index in [0.717, 1.165) is 43.6 Å². The first kappa shape index (κ1) is 13.6. The average Bonchev–Trinajstić information content (AvgIpc) is 2.82. The molecule has 0 aromatic carbocycles. The van der Waals surface area contributed by atoms with Crippen LogP contribution in [0.3, 0.4) is 0 Å². The molecular weight excluding hydrogens is 250 g/mol. The van der Waals surface area contributed by atoms with E-state index < -0.39 is 5.60 Å². The molecule has 108 valence electrons. The number of nitrogens with zero attached hydrogens (tertiary/aromatic N) is 2. The number of aryl methyl sites for hydroxylation is 1. The predicted molar refractivity (Wildman–Crippen MR) is 79.7 cm³/mol. The predicted octanol–water partition coefficient (Wildman–Crippen LogP) is 2.43. The summed E-state index contributed by atoms with van der Waals surface area (Å²) in [5.74, 6) is 0. The lowest BCUT2D eigenvalue weighted by Crippen LogP contribution is -2.42. The fourth-order valence-electron chi connectivity index (χ4n) is 3.08. The molecule has 1 saturated carbocycles. The van der Waals surface area contributed by atoms with E-state index in [9.17, 15) is 5.11 Å². The summed E-state index contributed by atoms with van der Waals surface area (Å²) in [6.45, 7) is 3.50. The average molecular weight is 273 g/mol. The summed E-state index contributed by atoms with van der Waals surface area (Å²) in [6, 6.07) is 4.11. The van der Waals surface area contributed by atoms with Gasteiger partial charge in [0.15, 0.2) is 0 Å². The maximum Gasteiger partial charge on any atom is 0.136 e. The minimum atomic E-state index is -0.505. The standard InChI is InChI=1S/C16H23N3O/c1-13-5-6-15-18-10-14(19(15)11-13)9-17-12-16(20)7-3-2-4-8-16/h5-6,10-11,17,20H,2-4,7-9,12H2,1H3. The smallest absolute Gasteiger partial charge is 0.136 e. The number of aliphatic hydroxyl groups is 1. The number of imidazole rings is 1. The van der Waals surface area contributed by atoms with Crippen LogP contribution in [0.1, 0.15) is 43.4 Å². The van der Waals surface area contributed by atoms with Crippen molar-refractivity contribution in [3.05, 3.63) is 35.8 Å². The first-order chi connectivity index (χ1) is 9.66. The first-order valence-electron chi connectivity index (χ1n) is 7.52.